The highest BCUT2D eigenvalue weighted by Crippen LogP contribution is 2.35. The van der Waals surface area contributed by atoms with Gasteiger partial charge in [-0.15, -0.1) is 0 Å². The van der Waals surface area contributed by atoms with Crippen molar-refractivity contribution in [3.8, 4) is 11.6 Å². The Morgan fingerprint density at radius 3 is 2.46 bits per heavy atom. The molecule has 28 heavy (non-hydrogen) atoms. The Bertz CT molecular complexity index is 1150. The summed E-state index contributed by atoms with van der Waals surface area (Å²) in [6.07, 6.45) is -0.442. The maximum Gasteiger partial charge on any atom is 0.416 e. The number of hydrogen-bond acceptors (Lipinski definition) is 3. The number of rotatable bonds is 4. The van der Waals surface area contributed by atoms with Crippen LogP contribution in [0.2, 0.25) is 0 Å². The molecule has 1 amide bonds. The van der Waals surface area contributed by atoms with Crippen LogP contribution in [0.4, 0.5) is 9.18 Å². The van der Waals surface area contributed by atoms with Crippen LogP contribution in [0.25, 0.3) is 27.4 Å². The second kappa shape index (κ2) is 7.31. The van der Waals surface area contributed by atoms with E-state index in [4.69, 9.17) is 4.74 Å². The van der Waals surface area contributed by atoms with Crippen molar-refractivity contribution >= 4 is 27.8 Å². The third-order valence-electron chi connectivity index (χ3n) is 4.80. The zero-order valence-electron chi connectivity index (χ0n) is 15.7. The zero-order chi connectivity index (χ0) is 19.7. The van der Waals surface area contributed by atoms with Crippen molar-refractivity contribution in [2.24, 2.45) is 0 Å². The molecule has 0 fully saturated rings. The number of aromatic nitrogens is 2. The molecule has 0 saturated heterocycles. The first kappa shape index (κ1) is 18.0. The molecule has 1 aromatic heterocycles. The van der Waals surface area contributed by atoms with E-state index in [2.05, 4.69) is 5.10 Å². The Hall–Kier alpha value is -3.41. The fourth-order valence-electron chi connectivity index (χ4n) is 3.31. The monoisotopic (exact) mass is 377 g/mol. The molecule has 6 heteroatoms. The number of ether oxygens (including phenoxy) is 1. The minimum Gasteiger partial charge on any atom is -0.390 e. The van der Waals surface area contributed by atoms with Crippen molar-refractivity contribution in [3.63, 3.8) is 0 Å². The molecule has 0 aliphatic heterocycles. The van der Waals surface area contributed by atoms with Crippen LogP contribution in [0.5, 0.6) is 5.88 Å². The van der Waals surface area contributed by atoms with Gasteiger partial charge in [0, 0.05) is 13.1 Å². The molecule has 0 aliphatic carbocycles. The smallest absolute Gasteiger partial charge is 0.390 e. The van der Waals surface area contributed by atoms with Gasteiger partial charge in [0.15, 0.2) is 0 Å². The van der Waals surface area contributed by atoms with Gasteiger partial charge >= 0.3 is 6.09 Å². The van der Waals surface area contributed by atoms with E-state index in [0.29, 0.717) is 30.2 Å². The molecule has 0 atom stereocenters. The summed E-state index contributed by atoms with van der Waals surface area (Å²) in [5, 5.41) is 7.34. The lowest BCUT2D eigenvalue weighted by Gasteiger charge is -2.18. The average molecular weight is 377 g/mol. The Morgan fingerprint density at radius 2 is 1.75 bits per heavy atom. The van der Waals surface area contributed by atoms with Crippen LogP contribution in [0.3, 0.4) is 0 Å². The summed E-state index contributed by atoms with van der Waals surface area (Å²) >= 11 is 0. The quantitative estimate of drug-likeness (QED) is 0.494. The highest BCUT2D eigenvalue weighted by atomic mass is 19.1. The summed E-state index contributed by atoms with van der Waals surface area (Å²) in [5.74, 6) is -0.0112. The first-order valence-corrected chi connectivity index (χ1v) is 9.25. The Balaban J connectivity index is 1.96. The first-order valence-electron chi connectivity index (χ1n) is 9.25. The van der Waals surface area contributed by atoms with E-state index < -0.39 is 6.09 Å². The molecule has 3 aromatic carbocycles. The second-order valence-electron chi connectivity index (χ2n) is 6.41. The first-order chi connectivity index (χ1) is 13.6. The molecule has 1 heterocycles. The van der Waals surface area contributed by atoms with Crippen molar-refractivity contribution in [1.82, 2.24) is 14.7 Å². The Morgan fingerprint density at radius 1 is 1.04 bits per heavy atom. The van der Waals surface area contributed by atoms with Gasteiger partial charge in [-0.25, -0.2) is 9.18 Å². The van der Waals surface area contributed by atoms with Gasteiger partial charge in [0.05, 0.1) is 16.6 Å². The molecule has 0 bridgehead atoms. The summed E-state index contributed by atoms with van der Waals surface area (Å²) in [6.45, 7) is 4.88. The van der Waals surface area contributed by atoms with E-state index in [1.54, 1.807) is 21.7 Å². The van der Waals surface area contributed by atoms with Gasteiger partial charge in [0.25, 0.3) is 0 Å². The van der Waals surface area contributed by atoms with Crippen molar-refractivity contribution in [2.75, 3.05) is 13.1 Å². The van der Waals surface area contributed by atoms with E-state index in [-0.39, 0.29) is 5.82 Å². The third kappa shape index (κ3) is 3.07. The van der Waals surface area contributed by atoms with Gasteiger partial charge in [-0.3, -0.25) is 0 Å². The van der Waals surface area contributed by atoms with Crippen molar-refractivity contribution in [3.05, 3.63) is 66.5 Å². The largest absolute Gasteiger partial charge is 0.416 e. The Labute approximate surface area is 161 Å². The summed E-state index contributed by atoms with van der Waals surface area (Å²) in [6, 6.07) is 17.7. The van der Waals surface area contributed by atoms with Crippen LogP contribution in [0, 0.1) is 5.82 Å². The Kier molecular flexibility index (Phi) is 4.69. The van der Waals surface area contributed by atoms with E-state index in [0.717, 1.165) is 16.2 Å². The highest BCUT2D eigenvalue weighted by molar-refractivity contribution is 6.09. The van der Waals surface area contributed by atoms with E-state index in [1.807, 2.05) is 50.2 Å². The molecular formula is C22H20FN3O2. The number of amides is 1. The average Bonchev–Trinajstić information content (AvgIpc) is 3.08. The number of halogens is 1. The molecule has 0 radical (unpaired) electrons. The molecule has 0 spiro atoms. The number of carbonyl (C=O) groups excluding carboxylic acids is 1. The minimum atomic E-state index is -0.442. The fraction of sp³-hybridized carbons (Fsp3) is 0.182. The van der Waals surface area contributed by atoms with Crippen LogP contribution in [0.15, 0.2) is 60.7 Å². The molecule has 142 valence electrons. The number of benzene rings is 3. The fourth-order valence-corrected chi connectivity index (χ4v) is 3.31. The van der Waals surface area contributed by atoms with E-state index in [9.17, 15) is 9.18 Å². The van der Waals surface area contributed by atoms with Crippen LogP contribution in [-0.2, 0) is 0 Å². The van der Waals surface area contributed by atoms with Crippen molar-refractivity contribution in [1.29, 1.82) is 0 Å². The second-order valence-corrected chi connectivity index (χ2v) is 6.41. The third-order valence-corrected chi connectivity index (χ3v) is 4.80. The van der Waals surface area contributed by atoms with Gasteiger partial charge in [0.2, 0.25) is 5.88 Å². The highest BCUT2D eigenvalue weighted by Gasteiger charge is 2.22. The molecule has 0 unspecified atom stereocenters. The summed E-state index contributed by atoms with van der Waals surface area (Å²) in [5.41, 5.74) is 1.31. The lowest BCUT2D eigenvalue weighted by Crippen LogP contribution is -2.33. The topological polar surface area (TPSA) is 47.4 Å². The van der Waals surface area contributed by atoms with Crippen molar-refractivity contribution < 1.29 is 13.9 Å². The zero-order valence-corrected chi connectivity index (χ0v) is 15.7. The van der Waals surface area contributed by atoms with Gasteiger partial charge in [0.1, 0.15) is 5.82 Å². The van der Waals surface area contributed by atoms with E-state index >= 15 is 0 Å². The molecule has 4 rings (SSSR count). The SMILES string of the molecule is CCN(CC)C(=O)Oc1c2c(ccc3ccccc32)nn1-c1ccc(F)cc1. The lowest BCUT2D eigenvalue weighted by molar-refractivity contribution is 0.155. The van der Waals surface area contributed by atoms with Crippen LogP contribution in [0.1, 0.15) is 13.8 Å². The number of carbonyl (C=O) groups is 1. The molecule has 0 aliphatic rings. The normalized spacial score (nSPS) is 11.1. The van der Waals surface area contributed by atoms with Crippen molar-refractivity contribution in [2.45, 2.75) is 13.8 Å². The van der Waals surface area contributed by atoms with Gasteiger partial charge in [-0.1, -0.05) is 30.3 Å². The predicted molar refractivity (Wildman–Crippen MR) is 107 cm³/mol. The van der Waals surface area contributed by atoms with Gasteiger partial charge in [-0.05, 0) is 55.0 Å². The molecule has 4 aromatic rings. The summed E-state index contributed by atoms with van der Waals surface area (Å²) in [4.78, 5) is 14.3. The van der Waals surface area contributed by atoms with Gasteiger partial charge in [-0.2, -0.15) is 9.78 Å². The predicted octanol–water partition coefficient (Wildman–Crippen LogP) is 5.16. The van der Waals surface area contributed by atoms with Gasteiger partial charge < -0.3 is 9.64 Å². The number of fused-ring (bicyclic) bond motifs is 3. The maximum atomic E-state index is 13.4. The lowest BCUT2D eigenvalue weighted by atomic mass is 10.1. The van der Waals surface area contributed by atoms with E-state index in [1.165, 1.54) is 12.1 Å². The maximum absolute atomic E-state index is 13.4. The van der Waals surface area contributed by atoms with Crippen LogP contribution >= 0.6 is 0 Å². The molecular weight excluding hydrogens is 357 g/mol. The van der Waals surface area contributed by atoms with Crippen LogP contribution in [-0.4, -0.2) is 33.9 Å². The molecule has 0 saturated carbocycles. The van der Waals surface area contributed by atoms with Crippen LogP contribution < -0.4 is 4.74 Å². The molecule has 5 nitrogen and oxygen atoms in total. The standard InChI is InChI=1S/C22H20FN3O2/c1-3-25(4-2)22(27)28-21-20-18-8-6-5-7-15(18)9-14-19(20)24-26(21)17-12-10-16(23)11-13-17/h5-14H,3-4H2,1-2H3. The minimum absolute atomic E-state index is 0.329. The summed E-state index contributed by atoms with van der Waals surface area (Å²) in [7, 11) is 0. The molecule has 0 N–H and O–H groups in total. The summed E-state index contributed by atoms with van der Waals surface area (Å²) < 4.78 is 20.8. The number of nitrogens with zero attached hydrogens (tertiary/aromatic N) is 3. The number of hydrogen-bond donors (Lipinski definition) is 0.